The maximum absolute atomic E-state index is 2.45. The first-order chi connectivity index (χ1) is 5.79. The molecule has 1 unspecified atom stereocenters. The van der Waals surface area contributed by atoms with Crippen LogP contribution in [0.4, 0.5) is 0 Å². The monoisotopic (exact) mass is 198 g/mol. The van der Waals surface area contributed by atoms with Crippen LogP contribution in [0.15, 0.2) is 0 Å². The summed E-state index contributed by atoms with van der Waals surface area (Å²) in [4.78, 5) is 0. The van der Waals surface area contributed by atoms with Gasteiger partial charge in [-0.2, -0.15) is 0 Å². The van der Waals surface area contributed by atoms with Crippen LogP contribution >= 0.6 is 0 Å². The van der Waals surface area contributed by atoms with Gasteiger partial charge in [0.1, 0.15) is 0 Å². The smallest absolute Gasteiger partial charge is 0.0678 e. The lowest BCUT2D eigenvalue weighted by Gasteiger charge is -2.41. The molecule has 1 saturated heterocycles. The van der Waals surface area contributed by atoms with Crippen LogP contribution in [0.1, 0.15) is 46.5 Å². The minimum absolute atomic E-state index is 0. The molecule has 0 bridgehead atoms. The van der Waals surface area contributed by atoms with Crippen LogP contribution in [0.25, 0.3) is 0 Å². The summed E-state index contributed by atoms with van der Waals surface area (Å²) in [6.07, 6.45) is 6.09. The predicted molar refractivity (Wildman–Crippen MR) is 69.4 cm³/mol. The molecule has 0 aliphatic carbocycles. The molecular weight excluding hydrogens is 171 g/mol. The normalized spacial score (nSPS) is 26.5. The molecule has 1 aliphatic heterocycles. The summed E-state index contributed by atoms with van der Waals surface area (Å²) in [6, 6.07) is 4.72. The maximum atomic E-state index is 2.45. The van der Waals surface area contributed by atoms with Gasteiger partial charge in [0, 0.05) is 0 Å². The van der Waals surface area contributed by atoms with E-state index in [1.165, 1.54) is 18.4 Å². The van der Waals surface area contributed by atoms with Gasteiger partial charge in [-0.05, 0) is 5.54 Å². The Morgan fingerprint density at radius 3 is 2.08 bits per heavy atom. The number of rotatable bonds is 3. The predicted octanol–water partition coefficient (Wildman–Crippen LogP) is 3.26. The molecule has 0 amide bonds. The highest BCUT2D eigenvalue weighted by molar-refractivity contribution is 6.81. The average Bonchev–Trinajstić information content (AvgIpc) is 2.17. The Balaban J connectivity index is 0.00000144. The largest absolute Gasteiger partial charge is 0.0814 e. The zero-order valence-corrected chi connectivity index (χ0v) is 10.0. The van der Waals surface area contributed by atoms with Gasteiger partial charge in [0.05, 0.1) is 16.5 Å². The molecule has 13 heavy (non-hydrogen) atoms. The van der Waals surface area contributed by atoms with Crippen molar-refractivity contribution in [2.24, 2.45) is 0 Å². The summed E-state index contributed by atoms with van der Waals surface area (Å²) >= 11 is 0. The summed E-state index contributed by atoms with van der Waals surface area (Å²) in [6.45, 7) is 7.30. The average molecular weight is 198 g/mol. The summed E-state index contributed by atoms with van der Waals surface area (Å²) in [5, 5.41) is 0. The van der Waals surface area contributed by atoms with Crippen LogP contribution < -0.4 is 0 Å². The highest BCUT2D eigenvalue weighted by Gasteiger charge is 2.38. The topological polar surface area (TPSA) is 0 Å². The van der Waals surface area contributed by atoms with E-state index >= 15 is 0 Å². The van der Waals surface area contributed by atoms with Crippen molar-refractivity contribution in [3.8, 4) is 0 Å². The molecule has 0 spiro atoms. The maximum Gasteiger partial charge on any atom is 0.0814 e. The second-order valence-electron chi connectivity index (χ2n) is 4.42. The van der Waals surface area contributed by atoms with Gasteiger partial charge in [-0.1, -0.05) is 64.6 Å². The van der Waals surface area contributed by atoms with Crippen molar-refractivity contribution in [3.05, 3.63) is 0 Å². The first kappa shape index (κ1) is 13.3. The summed E-state index contributed by atoms with van der Waals surface area (Å²) in [7, 11) is -0.760. The molecule has 0 aromatic heterocycles. The lowest BCUT2D eigenvalue weighted by molar-refractivity contribution is 0.584. The zero-order chi connectivity index (χ0) is 9.03. The van der Waals surface area contributed by atoms with Crippen LogP contribution in [0, 0.1) is 0 Å². The van der Waals surface area contributed by atoms with Crippen molar-refractivity contribution in [2.75, 3.05) is 0 Å². The zero-order valence-electron chi connectivity index (χ0n) is 9.03. The van der Waals surface area contributed by atoms with Gasteiger partial charge in [-0.3, -0.25) is 0 Å². The Morgan fingerprint density at radius 1 is 1.08 bits per heavy atom. The molecule has 0 saturated carbocycles. The second-order valence-corrected chi connectivity index (χ2v) is 9.88. The molecular formula is C11H27BSi. The minimum atomic E-state index is -0.760. The molecule has 78 valence electrons. The summed E-state index contributed by atoms with van der Waals surface area (Å²) in [5.41, 5.74) is 1.17. The van der Waals surface area contributed by atoms with E-state index in [2.05, 4.69) is 20.8 Å². The third-order valence-electron chi connectivity index (χ3n) is 4.24. The van der Waals surface area contributed by atoms with Crippen molar-refractivity contribution in [1.29, 1.82) is 0 Å². The fourth-order valence-electron chi connectivity index (χ4n) is 3.20. The molecule has 0 radical (unpaired) electrons. The van der Waals surface area contributed by atoms with Gasteiger partial charge >= 0.3 is 0 Å². The fraction of sp³-hybridized carbons (Fsp3) is 1.00. The van der Waals surface area contributed by atoms with Crippen molar-refractivity contribution < 1.29 is 0 Å². The molecule has 0 nitrogen and oxygen atoms in total. The van der Waals surface area contributed by atoms with E-state index < -0.39 is 8.07 Å². The number of hydrogen-bond donors (Lipinski definition) is 0. The van der Waals surface area contributed by atoms with Gasteiger partial charge in [0.15, 0.2) is 0 Å². The SMILES string of the molecule is B.CCC1CCCC[Si]1(CC)CC. The second kappa shape index (κ2) is 5.90. The minimum Gasteiger partial charge on any atom is -0.0678 e. The summed E-state index contributed by atoms with van der Waals surface area (Å²) in [5.74, 6) is 0. The first-order valence-electron chi connectivity index (χ1n) is 5.79. The van der Waals surface area contributed by atoms with Crippen molar-refractivity contribution in [3.63, 3.8) is 0 Å². The van der Waals surface area contributed by atoms with Crippen LogP contribution in [0.2, 0.25) is 23.7 Å². The Kier molecular flexibility index (Phi) is 6.02. The lowest BCUT2D eigenvalue weighted by atomic mass is 10.1. The molecule has 0 aromatic carbocycles. The van der Waals surface area contributed by atoms with Gasteiger partial charge in [0.2, 0.25) is 0 Å². The van der Waals surface area contributed by atoms with E-state index in [0.29, 0.717) is 0 Å². The molecule has 1 fully saturated rings. The molecule has 2 heteroatoms. The van der Waals surface area contributed by atoms with Crippen molar-refractivity contribution in [1.82, 2.24) is 0 Å². The number of hydrogen-bond acceptors (Lipinski definition) is 0. The van der Waals surface area contributed by atoms with E-state index in [0.717, 1.165) is 0 Å². The van der Waals surface area contributed by atoms with E-state index in [9.17, 15) is 0 Å². The third kappa shape index (κ3) is 2.62. The summed E-state index contributed by atoms with van der Waals surface area (Å²) < 4.78 is 0. The Labute approximate surface area is 87.1 Å². The first-order valence-corrected chi connectivity index (χ1v) is 8.49. The van der Waals surface area contributed by atoms with Crippen LogP contribution in [-0.4, -0.2) is 16.5 Å². The van der Waals surface area contributed by atoms with Crippen LogP contribution in [0.3, 0.4) is 0 Å². The van der Waals surface area contributed by atoms with Crippen LogP contribution in [-0.2, 0) is 0 Å². The standard InChI is InChI=1S/C11H24Si.BH3/c1-4-11-9-7-8-10-12(11,5-2)6-3;/h11H,4-10H2,1-3H3;1H3. The van der Waals surface area contributed by atoms with E-state index in [1.54, 1.807) is 31.0 Å². The van der Waals surface area contributed by atoms with Crippen molar-refractivity contribution in [2.45, 2.75) is 70.1 Å². The van der Waals surface area contributed by atoms with Gasteiger partial charge in [-0.25, -0.2) is 0 Å². The third-order valence-corrected chi connectivity index (χ3v) is 10.8. The van der Waals surface area contributed by atoms with E-state index in [4.69, 9.17) is 0 Å². The van der Waals surface area contributed by atoms with Gasteiger partial charge in [0.25, 0.3) is 0 Å². The van der Waals surface area contributed by atoms with Gasteiger partial charge in [-0.15, -0.1) is 0 Å². The fourth-order valence-corrected chi connectivity index (χ4v) is 8.60. The van der Waals surface area contributed by atoms with Gasteiger partial charge < -0.3 is 0 Å². The molecule has 1 atom stereocenters. The van der Waals surface area contributed by atoms with E-state index in [1.807, 2.05) is 0 Å². The molecule has 0 aromatic rings. The van der Waals surface area contributed by atoms with E-state index in [-0.39, 0.29) is 8.41 Å². The quantitative estimate of drug-likeness (QED) is 0.610. The Hall–Kier alpha value is 0.282. The highest BCUT2D eigenvalue weighted by Crippen LogP contribution is 2.44. The highest BCUT2D eigenvalue weighted by atomic mass is 28.3. The van der Waals surface area contributed by atoms with Crippen LogP contribution in [0.5, 0.6) is 0 Å². The molecule has 1 rings (SSSR count). The molecule has 0 N–H and O–H groups in total. The Morgan fingerprint density at radius 2 is 1.69 bits per heavy atom. The van der Waals surface area contributed by atoms with Crippen molar-refractivity contribution >= 4 is 16.5 Å². The Bertz CT molecular complexity index is 132. The molecule has 1 heterocycles. The lowest BCUT2D eigenvalue weighted by Crippen LogP contribution is -2.40. The molecule has 1 aliphatic rings.